The van der Waals surface area contributed by atoms with Crippen LogP contribution in [0.25, 0.3) is 0 Å². The Kier molecular flexibility index (Phi) is 4.47. The highest BCUT2D eigenvalue weighted by Crippen LogP contribution is 2.06. The first-order valence-corrected chi connectivity index (χ1v) is 4.40. The zero-order valence-electron chi connectivity index (χ0n) is 8.30. The molecule has 1 fully saturated rings. The van der Waals surface area contributed by atoms with Crippen LogP contribution in [0.1, 0.15) is 0 Å². The molecule has 0 bridgehead atoms. The summed E-state index contributed by atoms with van der Waals surface area (Å²) in [5.41, 5.74) is 10.5. The molecule has 0 radical (unpaired) electrons. The van der Waals surface area contributed by atoms with E-state index in [4.69, 9.17) is 9.47 Å². The third kappa shape index (κ3) is 3.05. The number of ether oxygens (including phenoxy) is 2. The van der Waals surface area contributed by atoms with Gasteiger partial charge in [-0.15, -0.1) is 0 Å². The molecule has 0 aromatic rings. The minimum atomic E-state index is 0.649. The number of morpholine rings is 1. The average Bonchev–Trinajstić information content (AvgIpc) is 2.26. The molecule has 0 saturated carbocycles. The fraction of sp³-hybridized carbons (Fsp3) is 0.455. The first-order valence-electron chi connectivity index (χ1n) is 4.40. The SMILES string of the molecule is C=C=C=C=C=C(OC)N1CCOCC1. The van der Waals surface area contributed by atoms with Crippen LogP contribution in [0.15, 0.2) is 35.4 Å². The van der Waals surface area contributed by atoms with E-state index in [-0.39, 0.29) is 0 Å². The Labute approximate surface area is 83.9 Å². The second kappa shape index (κ2) is 5.96. The van der Waals surface area contributed by atoms with Crippen molar-refractivity contribution in [2.24, 2.45) is 0 Å². The van der Waals surface area contributed by atoms with Crippen LogP contribution in [0, 0.1) is 0 Å². The molecular weight excluding hydrogens is 178 g/mol. The largest absolute Gasteiger partial charge is 0.476 e. The third-order valence-electron chi connectivity index (χ3n) is 1.81. The maximum atomic E-state index is 5.22. The number of nitrogens with zero attached hydrogens (tertiary/aromatic N) is 1. The van der Waals surface area contributed by atoms with Gasteiger partial charge in [0.25, 0.3) is 0 Å². The fourth-order valence-electron chi connectivity index (χ4n) is 1.15. The molecule has 0 amide bonds. The van der Waals surface area contributed by atoms with Crippen molar-refractivity contribution in [2.75, 3.05) is 33.4 Å². The summed E-state index contributed by atoms with van der Waals surface area (Å²) < 4.78 is 10.4. The number of rotatable bonds is 2. The number of methoxy groups -OCH3 is 1. The Bertz CT molecular complexity index is 330. The summed E-state index contributed by atoms with van der Waals surface area (Å²) in [7, 11) is 1.61. The maximum Gasteiger partial charge on any atom is 0.244 e. The van der Waals surface area contributed by atoms with Crippen LogP contribution in [0.2, 0.25) is 0 Å². The van der Waals surface area contributed by atoms with E-state index < -0.39 is 0 Å². The van der Waals surface area contributed by atoms with Crippen LogP contribution >= 0.6 is 0 Å². The molecule has 0 aliphatic carbocycles. The van der Waals surface area contributed by atoms with Gasteiger partial charge in [0, 0.05) is 18.8 Å². The monoisotopic (exact) mass is 191 g/mol. The molecule has 3 heteroatoms. The molecule has 1 rings (SSSR count). The second-order valence-electron chi connectivity index (χ2n) is 2.66. The normalized spacial score (nSPS) is 14.5. The Morgan fingerprint density at radius 2 is 2.07 bits per heavy atom. The molecule has 1 aliphatic rings. The molecule has 1 saturated heterocycles. The Morgan fingerprint density at radius 3 is 2.64 bits per heavy atom. The van der Waals surface area contributed by atoms with Crippen molar-refractivity contribution in [3.63, 3.8) is 0 Å². The first-order chi connectivity index (χ1) is 6.88. The lowest BCUT2D eigenvalue weighted by Gasteiger charge is -2.27. The summed E-state index contributed by atoms with van der Waals surface area (Å²) in [4.78, 5) is 2.04. The lowest BCUT2D eigenvalue weighted by Crippen LogP contribution is -2.35. The van der Waals surface area contributed by atoms with Crippen LogP contribution in [0.4, 0.5) is 0 Å². The molecule has 0 unspecified atom stereocenters. The predicted molar refractivity (Wildman–Crippen MR) is 52.6 cm³/mol. The van der Waals surface area contributed by atoms with Gasteiger partial charge < -0.3 is 14.4 Å². The van der Waals surface area contributed by atoms with Gasteiger partial charge in [-0.25, -0.2) is 0 Å². The summed E-state index contributed by atoms with van der Waals surface area (Å²) in [6.45, 7) is 6.44. The summed E-state index contributed by atoms with van der Waals surface area (Å²) in [5, 5.41) is 0. The lowest BCUT2D eigenvalue weighted by atomic mass is 10.4. The van der Waals surface area contributed by atoms with E-state index in [0.29, 0.717) is 5.88 Å². The number of hydrogen-bond donors (Lipinski definition) is 0. The topological polar surface area (TPSA) is 21.7 Å². The average molecular weight is 191 g/mol. The maximum absolute atomic E-state index is 5.22. The summed E-state index contributed by atoms with van der Waals surface area (Å²) in [5.74, 6) is 0.649. The predicted octanol–water partition coefficient (Wildman–Crippen LogP) is 1.06. The Morgan fingerprint density at radius 1 is 1.36 bits per heavy atom. The van der Waals surface area contributed by atoms with E-state index in [0.717, 1.165) is 26.3 Å². The summed E-state index contributed by atoms with van der Waals surface area (Å²) in [6.07, 6.45) is 0. The Hall–Kier alpha value is -1.58. The van der Waals surface area contributed by atoms with Crippen LogP contribution < -0.4 is 0 Å². The molecule has 0 aromatic heterocycles. The standard InChI is InChI=1S/C11H13NO2/c1-3-4-5-6-11(13-2)12-7-9-14-10-8-12/h1,7-10H2,2H3. The molecule has 0 spiro atoms. The van der Waals surface area contributed by atoms with Gasteiger partial charge in [0.1, 0.15) is 0 Å². The van der Waals surface area contributed by atoms with Gasteiger partial charge in [-0.2, -0.15) is 0 Å². The van der Waals surface area contributed by atoms with Crippen molar-refractivity contribution in [3.05, 3.63) is 35.4 Å². The van der Waals surface area contributed by atoms with Crippen molar-refractivity contribution in [3.8, 4) is 0 Å². The van der Waals surface area contributed by atoms with Crippen molar-refractivity contribution in [2.45, 2.75) is 0 Å². The van der Waals surface area contributed by atoms with Gasteiger partial charge >= 0.3 is 0 Å². The summed E-state index contributed by atoms with van der Waals surface area (Å²) in [6, 6.07) is 0. The van der Waals surface area contributed by atoms with Crippen LogP contribution in [0.3, 0.4) is 0 Å². The molecule has 1 aliphatic heterocycles. The minimum absolute atomic E-state index is 0.649. The molecule has 3 nitrogen and oxygen atoms in total. The van der Waals surface area contributed by atoms with Gasteiger partial charge in [-0.3, -0.25) is 0 Å². The van der Waals surface area contributed by atoms with Gasteiger partial charge in [-0.05, 0) is 18.0 Å². The molecular formula is C11H13NO2. The molecule has 0 atom stereocenters. The quantitative estimate of drug-likeness (QED) is 0.481. The fourth-order valence-corrected chi connectivity index (χ4v) is 1.15. The van der Waals surface area contributed by atoms with Crippen LogP contribution in [-0.2, 0) is 9.47 Å². The highest BCUT2D eigenvalue weighted by Gasteiger charge is 2.13. The third-order valence-corrected chi connectivity index (χ3v) is 1.81. The van der Waals surface area contributed by atoms with Gasteiger partial charge in [-0.1, -0.05) is 5.73 Å². The second-order valence-corrected chi connectivity index (χ2v) is 2.66. The highest BCUT2D eigenvalue weighted by molar-refractivity contribution is 4.94. The van der Waals surface area contributed by atoms with Crippen LogP contribution in [-0.4, -0.2) is 38.3 Å². The van der Waals surface area contributed by atoms with Gasteiger partial charge in [0.05, 0.1) is 20.3 Å². The summed E-state index contributed by atoms with van der Waals surface area (Å²) >= 11 is 0. The smallest absolute Gasteiger partial charge is 0.244 e. The molecule has 0 aromatic carbocycles. The van der Waals surface area contributed by atoms with E-state index in [1.54, 1.807) is 7.11 Å². The molecule has 1 heterocycles. The van der Waals surface area contributed by atoms with Crippen molar-refractivity contribution >= 4 is 0 Å². The van der Waals surface area contributed by atoms with E-state index in [1.807, 2.05) is 4.90 Å². The van der Waals surface area contributed by atoms with Crippen molar-refractivity contribution in [1.82, 2.24) is 4.90 Å². The van der Waals surface area contributed by atoms with Gasteiger partial charge in [0.15, 0.2) is 0 Å². The zero-order valence-corrected chi connectivity index (χ0v) is 8.30. The molecule has 0 N–H and O–H groups in total. The lowest BCUT2D eigenvalue weighted by molar-refractivity contribution is 0.0238. The molecule has 74 valence electrons. The van der Waals surface area contributed by atoms with Gasteiger partial charge in [0.2, 0.25) is 5.88 Å². The van der Waals surface area contributed by atoms with E-state index in [9.17, 15) is 0 Å². The van der Waals surface area contributed by atoms with Crippen LogP contribution in [0.5, 0.6) is 0 Å². The number of hydrogen-bond acceptors (Lipinski definition) is 3. The minimum Gasteiger partial charge on any atom is -0.476 e. The van der Waals surface area contributed by atoms with E-state index in [2.05, 4.69) is 29.5 Å². The Balaban J connectivity index is 2.84. The first kappa shape index (κ1) is 10.5. The molecule has 14 heavy (non-hydrogen) atoms. The van der Waals surface area contributed by atoms with E-state index >= 15 is 0 Å². The van der Waals surface area contributed by atoms with Crippen molar-refractivity contribution in [1.29, 1.82) is 0 Å². The van der Waals surface area contributed by atoms with Crippen molar-refractivity contribution < 1.29 is 9.47 Å². The zero-order chi connectivity index (χ0) is 10.2. The van der Waals surface area contributed by atoms with E-state index in [1.165, 1.54) is 0 Å². The highest BCUT2D eigenvalue weighted by atomic mass is 16.5.